The molecule has 6 heavy (non-hydrogen) atoms. The van der Waals surface area contributed by atoms with Crippen LogP contribution >= 0.6 is 12.6 Å². The average Bonchev–Trinajstić information content (AvgIpc) is 1.65. The van der Waals surface area contributed by atoms with E-state index in [1.165, 1.54) is 5.57 Å². The molecule has 0 aliphatic heterocycles. The van der Waals surface area contributed by atoms with Gasteiger partial charge in [0.2, 0.25) is 0 Å². The van der Waals surface area contributed by atoms with E-state index in [2.05, 4.69) is 19.6 Å². The molecule has 1 heteroatoms. The van der Waals surface area contributed by atoms with Crippen LogP contribution in [0.5, 0.6) is 0 Å². The summed E-state index contributed by atoms with van der Waals surface area (Å²) in [4.78, 5) is 0. The summed E-state index contributed by atoms with van der Waals surface area (Å²) in [6.45, 7) is 4.13. The summed E-state index contributed by atoms with van der Waals surface area (Å²) in [6.07, 6.45) is 1.09. The Labute approximate surface area is 44.7 Å². The number of allylic oxidation sites excluding steroid dienone is 1. The fourth-order valence-electron chi connectivity index (χ4n) is 0.0833. The standard InChI is InChI=1S/C5H9S/c1-3-5(2)4-6/h4H,3H2,1-2H3/b5-4+. The van der Waals surface area contributed by atoms with E-state index in [0.717, 1.165) is 6.42 Å². The summed E-state index contributed by atoms with van der Waals surface area (Å²) in [7, 11) is 0. The zero-order chi connectivity index (χ0) is 4.99. The lowest BCUT2D eigenvalue weighted by molar-refractivity contribution is 1.11. The molecule has 0 nitrogen and oxygen atoms in total. The van der Waals surface area contributed by atoms with Crippen LogP contribution < -0.4 is 0 Å². The molecule has 0 fully saturated rings. The van der Waals surface area contributed by atoms with Crippen molar-refractivity contribution >= 4 is 12.6 Å². The Morgan fingerprint density at radius 3 is 2.33 bits per heavy atom. The van der Waals surface area contributed by atoms with E-state index in [4.69, 9.17) is 0 Å². The van der Waals surface area contributed by atoms with E-state index in [1.54, 1.807) is 5.41 Å². The summed E-state index contributed by atoms with van der Waals surface area (Å²) in [5, 5.41) is 1.72. The second-order valence-corrected chi connectivity index (χ2v) is 1.55. The molecule has 0 saturated carbocycles. The van der Waals surface area contributed by atoms with E-state index < -0.39 is 0 Å². The van der Waals surface area contributed by atoms with Crippen molar-refractivity contribution in [1.82, 2.24) is 0 Å². The maximum Gasteiger partial charge on any atom is 0.000261 e. The molecule has 1 radical (unpaired) electrons. The first-order chi connectivity index (χ1) is 2.81. The molecule has 0 aliphatic carbocycles. The van der Waals surface area contributed by atoms with Crippen molar-refractivity contribution in [3.63, 3.8) is 0 Å². The summed E-state index contributed by atoms with van der Waals surface area (Å²) in [6, 6.07) is 0. The lowest BCUT2D eigenvalue weighted by atomic mass is 10.3. The zero-order valence-electron chi connectivity index (χ0n) is 4.19. The van der Waals surface area contributed by atoms with Crippen molar-refractivity contribution in [2.75, 3.05) is 0 Å². The van der Waals surface area contributed by atoms with E-state index in [1.807, 2.05) is 6.92 Å². The van der Waals surface area contributed by atoms with Gasteiger partial charge >= 0.3 is 0 Å². The van der Waals surface area contributed by atoms with Gasteiger partial charge in [0, 0.05) is 5.41 Å². The molecule has 0 aromatic heterocycles. The average molecular weight is 101 g/mol. The Hall–Kier alpha value is -0.0400. The Bertz CT molecular complexity index is 55.0. The highest BCUT2D eigenvalue weighted by atomic mass is 32.1. The summed E-state index contributed by atoms with van der Waals surface area (Å²) in [5.41, 5.74) is 1.28. The van der Waals surface area contributed by atoms with E-state index >= 15 is 0 Å². The van der Waals surface area contributed by atoms with Gasteiger partial charge in [-0.2, -0.15) is 0 Å². The molecular formula is C5H9S. The van der Waals surface area contributed by atoms with Crippen molar-refractivity contribution < 1.29 is 0 Å². The van der Waals surface area contributed by atoms with Gasteiger partial charge in [-0.15, -0.1) is 0 Å². The van der Waals surface area contributed by atoms with Gasteiger partial charge in [0.15, 0.2) is 0 Å². The topological polar surface area (TPSA) is 0 Å². The molecule has 0 unspecified atom stereocenters. The van der Waals surface area contributed by atoms with Crippen LogP contribution in [0.2, 0.25) is 0 Å². The predicted molar refractivity (Wildman–Crippen MR) is 31.6 cm³/mol. The van der Waals surface area contributed by atoms with Gasteiger partial charge in [-0.1, -0.05) is 25.1 Å². The van der Waals surface area contributed by atoms with E-state index in [-0.39, 0.29) is 0 Å². The van der Waals surface area contributed by atoms with Crippen LogP contribution in [-0.4, -0.2) is 0 Å². The van der Waals surface area contributed by atoms with Crippen molar-refractivity contribution in [2.45, 2.75) is 20.3 Å². The first-order valence-corrected chi connectivity index (χ1v) is 2.56. The van der Waals surface area contributed by atoms with Crippen LogP contribution in [0.25, 0.3) is 0 Å². The second-order valence-electron chi connectivity index (χ2n) is 1.32. The third kappa shape index (κ3) is 2.21. The molecule has 0 N–H and O–H groups in total. The molecule has 0 rings (SSSR count). The monoisotopic (exact) mass is 101 g/mol. The molecule has 0 atom stereocenters. The van der Waals surface area contributed by atoms with Crippen LogP contribution in [0.3, 0.4) is 0 Å². The third-order valence-corrected chi connectivity index (χ3v) is 1.16. The van der Waals surface area contributed by atoms with Gasteiger partial charge in [-0.05, 0) is 13.3 Å². The Morgan fingerprint density at radius 1 is 1.83 bits per heavy atom. The molecule has 0 aromatic carbocycles. The molecule has 0 aromatic rings. The highest BCUT2D eigenvalue weighted by Gasteiger charge is 1.74. The fraction of sp³-hybridized carbons (Fsp3) is 0.600. The normalized spacial score (nSPS) is 12.0. The Morgan fingerprint density at radius 2 is 2.33 bits per heavy atom. The number of hydrogen-bond donors (Lipinski definition) is 0. The largest absolute Gasteiger partial charge is 0.0888 e. The minimum atomic E-state index is 1.09. The lowest BCUT2D eigenvalue weighted by Crippen LogP contribution is -1.62. The smallest absolute Gasteiger partial charge is 0.000261 e. The van der Waals surface area contributed by atoms with Crippen molar-refractivity contribution in [1.29, 1.82) is 0 Å². The van der Waals surface area contributed by atoms with Crippen LogP contribution in [0.1, 0.15) is 20.3 Å². The molecule has 35 valence electrons. The summed E-state index contributed by atoms with van der Waals surface area (Å²) < 4.78 is 0. The van der Waals surface area contributed by atoms with E-state index in [0.29, 0.717) is 0 Å². The molecule has 0 amide bonds. The molecular weight excluding hydrogens is 92.1 g/mol. The van der Waals surface area contributed by atoms with Crippen LogP contribution in [0.15, 0.2) is 11.0 Å². The van der Waals surface area contributed by atoms with Crippen LogP contribution in [0.4, 0.5) is 0 Å². The molecule has 0 aliphatic rings. The molecule has 0 bridgehead atoms. The quantitative estimate of drug-likeness (QED) is 0.476. The Balaban J connectivity index is 3.22. The molecule has 0 spiro atoms. The van der Waals surface area contributed by atoms with Crippen LogP contribution in [0, 0.1) is 0 Å². The predicted octanol–water partition coefficient (Wildman–Crippen LogP) is 2.50. The van der Waals surface area contributed by atoms with Gasteiger partial charge in [-0.3, -0.25) is 0 Å². The van der Waals surface area contributed by atoms with Crippen molar-refractivity contribution in [3.8, 4) is 0 Å². The highest BCUT2D eigenvalue weighted by Crippen LogP contribution is 1.97. The molecule has 0 heterocycles. The minimum Gasteiger partial charge on any atom is -0.0888 e. The van der Waals surface area contributed by atoms with Gasteiger partial charge in [0.25, 0.3) is 0 Å². The van der Waals surface area contributed by atoms with Crippen molar-refractivity contribution in [3.05, 3.63) is 11.0 Å². The van der Waals surface area contributed by atoms with Gasteiger partial charge in [0.05, 0.1) is 0 Å². The third-order valence-electron chi connectivity index (χ3n) is 0.759. The maximum atomic E-state index is 4.61. The number of hydrogen-bond acceptors (Lipinski definition) is 0. The minimum absolute atomic E-state index is 1.09. The summed E-state index contributed by atoms with van der Waals surface area (Å²) >= 11 is 4.61. The van der Waals surface area contributed by atoms with Gasteiger partial charge in [0.1, 0.15) is 0 Å². The first kappa shape index (κ1) is 5.96. The Kier molecular flexibility index (Phi) is 3.14. The van der Waals surface area contributed by atoms with Gasteiger partial charge < -0.3 is 0 Å². The molecule has 0 saturated heterocycles. The summed E-state index contributed by atoms with van der Waals surface area (Å²) in [5.74, 6) is 0. The lowest BCUT2D eigenvalue weighted by Gasteiger charge is -1.83. The zero-order valence-corrected chi connectivity index (χ0v) is 5.01. The van der Waals surface area contributed by atoms with Crippen LogP contribution in [-0.2, 0) is 0 Å². The van der Waals surface area contributed by atoms with E-state index in [9.17, 15) is 0 Å². The fourth-order valence-corrected chi connectivity index (χ4v) is 0.250. The van der Waals surface area contributed by atoms with Crippen molar-refractivity contribution in [2.24, 2.45) is 0 Å². The maximum absolute atomic E-state index is 4.61. The first-order valence-electron chi connectivity index (χ1n) is 2.09. The van der Waals surface area contributed by atoms with Gasteiger partial charge in [-0.25, -0.2) is 0 Å². The highest BCUT2D eigenvalue weighted by molar-refractivity contribution is 7.83. The SMILES string of the molecule is CC/C(C)=C/[S]. The second kappa shape index (κ2) is 3.16. The number of rotatable bonds is 1.